The maximum absolute atomic E-state index is 12.9. The van der Waals surface area contributed by atoms with Crippen LogP contribution in [0.4, 0.5) is 0 Å². The third kappa shape index (κ3) is 4.21. The molecule has 1 aliphatic rings. The molecular weight excluding hydrogens is 414 g/mol. The van der Waals surface area contributed by atoms with Gasteiger partial charge in [0.15, 0.2) is 0 Å². The van der Waals surface area contributed by atoms with Crippen LogP contribution in [-0.2, 0) is 14.6 Å². The lowest BCUT2D eigenvalue weighted by Crippen LogP contribution is -2.39. The normalized spacial score (nSPS) is 21.6. The number of rotatable bonds is 6. The minimum atomic E-state index is -3.87. The molecule has 2 aromatic rings. The van der Waals surface area contributed by atoms with Gasteiger partial charge in [0.25, 0.3) is 5.56 Å². The van der Waals surface area contributed by atoms with Crippen LogP contribution < -0.4 is 11.2 Å². The first kappa shape index (κ1) is 21.5. The standard InChI is InChI=1S/C18H19N5O6S/c1-12-10-23(16-9-14(20-21-19)15(11-24)29-16)18(26)22(17(12)25)7-8-30(27,28)13-5-3-2-4-6-13/h2-8,10,14-16,24H,9,11H2,1H3/b8-7+. The Kier molecular flexibility index (Phi) is 6.22. The fourth-order valence-corrected chi connectivity index (χ4v) is 4.10. The SMILES string of the molecule is Cc1cn(C2CC(N=[N+]=[N-])C(CO)O2)c(=O)n(/C=C/S(=O)(=O)c2ccccc2)c1=O. The van der Waals surface area contributed by atoms with Crippen LogP contribution >= 0.6 is 0 Å². The largest absolute Gasteiger partial charge is 0.394 e. The lowest BCUT2D eigenvalue weighted by atomic mass is 10.1. The highest BCUT2D eigenvalue weighted by Gasteiger charge is 2.36. The van der Waals surface area contributed by atoms with Crippen LogP contribution in [0.3, 0.4) is 0 Å². The van der Waals surface area contributed by atoms with Crippen molar-refractivity contribution in [3.63, 3.8) is 0 Å². The second-order valence-electron chi connectivity index (χ2n) is 6.64. The van der Waals surface area contributed by atoms with Gasteiger partial charge in [0, 0.05) is 29.3 Å². The molecule has 1 aromatic carbocycles. The summed E-state index contributed by atoms with van der Waals surface area (Å²) in [5.41, 5.74) is 7.32. The van der Waals surface area contributed by atoms with Gasteiger partial charge >= 0.3 is 5.69 Å². The molecule has 0 bridgehead atoms. The highest BCUT2D eigenvalue weighted by molar-refractivity contribution is 7.94. The van der Waals surface area contributed by atoms with Crippen molar-refractivity contribution in [1.29, 1.82) is 0 Å². The highest BCUT2D eigenvalue weighted by Crippen LogP contribution is 2.29. The first-order valence-corrected chi connectivity index (χ1v) is 10.5. The van der Waals surface area contributed by atoms with Gasteiger partial charge in [-0.3, -0.25) is 9.36 Å². The fourth-order valence-electron chi connectivity index (χ4n) is 3.13. The lowest BCUT2D eigenvalue weighted by molar-refractivity contribution is -0.0274. The molecule has 11 nitrogen and oxygen atoms in total. The van der Waals surface area contributed by atoms with Crippen molar-refractivity contribution in [3.8, 4) is 0 Å². The minimum absolute atomic E-state index is 0.0180. The van der Waals surface area contributed by atoms with E-state index in [2.05, 4.69) is 10.0 Å². The van der Waals surface area contributed by atoms with Crippen molar-refractivity contribution in [2.24, 2.45) is 5.11 Å². The first-order chi connectivity index (χ1) is 14.3. The molecule has 3 atom stereocenters. The molecule has 158 valence electrons. The Hall–Kier alpha value is -3.18. The van der Waals surface area contributed by atoms with Crippen LogP contribution in [0.2, 0.25) is 0 Å². The van der Waals surface area contributed by atoms with Crippen molar-refractivity contribution >= 4 is 16.0 Å². The molecule has 3 unspecified atom stereocenters. The Morgan fingerprint density at radius 1 is 1.33 bits per heavy atom. The van der Waals surface area contributed by atoms with E-state index in [0.717, 1.165) is 16.2 Å². The van der Waals surface area contributed by atoms with Gasteiger partial charge in [-0.15, -0.1) is 0 Å². The lowest BCUT2D eigenvalue weighted by Gasteiger charge is -2.16. The zero-order chi connectivity index (χ0) is 21.9. The Morgan fingerprint density at radius 3 is 2.67 bits per heavy atom. The minimum Gasteiger partial charge on any atom is -0.394 e. The number of sulfone groups is 1. The summed E-state index contributed by atoms with van der Waals surface area (Å²) in [6, 6.07) is 6.88. The molecule has 0 amide bonds. The van der Waals surface area contributed by atoms with Gasteiger partial charge in [-0.2, -0.15) is 0 Å². The van der Waals surface area contributed by atoms with Gasteiger partial charge in [-0.05, 0) is 24.6 Å². The molecule has 12 heteroatoms. The molecule has 0 saturated carbocycles. The summed E-state index contributed by atoms with van der Waals surface area (Å²) in [7, 11) is -3.87. The predicted octanol–water partition coefficient (Wildman–Crippen LogP) is 1.18. The molecule has 0 radical (unpaired) electrons. The number of azide groups is 1. The smallest absolute Gasteiger partial charge is 0.337 e. The van der Waals surface area contributed by atoms with Crippen LogP contribution in [0.25, 0.3) is 16.6 Å². The van der Waals surface area contributed by atoms with Gasteiger partial charge in [-0.25, -0.2) is 17.8 Å². The van der Waals surface area contributed by atoms with E-state index in [1.54, 1.807) is 18.2 Å². The average molecular weight is 433 g/mol. The van der Waals surface area contributed by atoms with E-state index >= 15 is 0 Å². The summed E-state index contributed by atoms with van der Waals surface area (Å²) >= 11 is 0. The molecule has 0 aliphatic carbocycles. The van der Waals surface area contributed by atoms with Gasteiger partial charge < -0.3 is 9.84 Å². The van der Waals surface area contributed by atoms with Crippen molar-refractivity contribution < 1.29 is 18.3 Å². The molecule has 30 heavy (non-hydrogen) atoms. The van der Waals surface area contributed by atoms with E-state index in [0.29, 0.717) is 4.57 Å². The van der Waals surface area contributed by atoms with E-state index in [9.17, 15) is 23.1 Å². The molecule has 3 rings (SSSR count). The molecule has 1 fully saturated rings. The second kappa shape index (κ2) is 8.67. The topological polar surface area (TPSA) is 156 Å². The van der Waals surface area contributed by atoms with Gasteiger partial charge in [0.05, 0.1) is 29.1 Å². The number of benzene rings is 1. The Balaban J connectivity index is 2.02. The Morgan fingerprint density at radius 2 is 2.03 bits per heavy atom. The van der Waals surface area contributed by atoms with E-state index in [1.165, 1.54) is 25.3 Å². The molecule has 1 aliphatic heterocycles. The fraction of sp³-hybridized carbons (Fsp3) is 0.333. The monoisotopic (exact) mass is 433 g/mol. The number of aliphatic hydroxyl groups excluding tert-OH is 1. The molecule has 0 spiro atoms. The summed E-state index contributed by atoms with van der Waals surface area (Å²) < 4.78 is 32.3. The third-order valence-electron chi connectivity index (χ3n) is 4.67. The summed E-state index contributed by atoms with van der Waals surface area (Å²) in [6.45, 7) is 1.06. The zero-order valence-corrected chi connectivity index (χ0v) is 16.7. The predicted molar refractivity (Wildman–Crippen MR) is 107 cm³/mol. The van der Waals surface area contributed by atoms with Gasteiger partial charge in [0.2, 0.25) is 9.84 Å². The van der Waals surface area contributed by atoms with Crippen molar-refractivity contribution in [3.05, 3.63) is 78.8 Å². The number of aliphatic hydroxyl groups is 1. The molecule has 2 heterocycles. The summed E-state index contributed by atoms with van der Waals surface area (Å²) in [5, 5.41) is 13.7. The van der Waals surface area contributed by atoms with Gasteiger partial charge in [-0.1, -0.05) is 23.3 Å². The average Bonchev–Trinajstić information content (AvgIpc) is 3.14. The Bertz CT molecular complexity index is 1230. The maximum atomic E-state index is 12.9. The zero-order valence-electron chi connectivity index (χ0n) is 15.9. The van der Waals surface area contributed by atoms with Crippen LogP contribution in [0.5, 0.6) is 0 Å². The quantitative estimate of drug-likeness (QED) is 0.409. The second-order valence-corrected chi connectivity index (χ2v) is 8.47. The van der Waals surface area contributed by atoms with E-state index in [1.807, 2.05) is 0 Å². The van der Waals surface area contributed by atoms with Crippen LogP contribution in [0, 0.1) is 6.92 Å². The number of hydrogen-bond acceptors (Lipinski definition) is 7. The maximum Gasteiger partial charge on any atom is 0.337 e. The molecule has 1 aromatic heterocycles. The summed E-state index contributed by atoms with van der Waals surface area (Å²) in [5.74, 6) is 0. The Labute approximate surface area is 171 Å². The summed E-state index contributed by atoms with van der Waals surface area (Å²) in [4.78, 5) is 28.1. The van der Waals surface area contributed by atoms with Crippen LogP contribution in [0.1, 0.15) is 18.2 Å². The first-order valence-electron chi connectivity index (χ1n) is 8.91. The summed E-state index contributed by atoms with van der Waals surface area (Å²) in [6.07, 6.45) is 0.610. The van der Waals surface area contributed by atoms with Crippen molar-refractivity contribution in [2.45, 2.75) is 36.6 Å². The van der Waals surface area contributed by atoms with Crippen LogP contribution in [0.15, 0.2) is 61.5 Å². The number of aromatic nitrogens is 2. The van der Waals surface area contributed by atoms with Gasteiger partial charge in [0.1, 0.15) is 6.23 Å². The third-order valence-corrected chi connectivity index (χ3v) is 6.08. The highest BCUT2D eigenvalue weighted by atomic mass is 32.2. The van der Waals surface area contributed by atoms with E-state index in [-0.39, 0.29) is 16.9 Å². The molecule has 1 saturated heterocycles. The number of ether oxygens (including phenoxy) is 1. The van der Waals surface area contributed by atoms with E-state index in [4.69, 9.17) is 10.3 Å². The number of nitrogens with zero attached hydrogens (tertiary/aromatic N) is 5. The number of aryl methyl sites for hydroxylation is 1. The molecular formula is C18H19N5O6S. The van der Waals surface area contributed by atoms with E-state index < -0.39 is 46.1 Å². The van der Waals surface area contributed by atoms with Crippen molar-refractivity contribution in [2.75, 3.05) is 6.61 Å². The number of hydrogen-bond donors (Lipinski definition) is 1. The molecule has 1 N–H and O–H groups in total. The van der Waals surface area contributed by atoms with Crippen molar-refractivity contribution in [1.82, 2.24) is 9.13 Å². The van der Waals surface area contributed by atoms with Crippen LogP contribution in [-0.4, -0.2) is 41.4 Å².